The summed E-state index contributed by atoms with van der Waals surface area (Å²) in [6, 6.07) is 5.89. The molecule has 0 aliphatic rings. The summed E-state index contributed by atoms with van der Waals surface area (Å²) in [6.07, 6.45) is 1.62. The number of halogens is 1. The zero-order chi connectivity index (χ0) is 8.27. The molecule has 0 bridgehead atoms. The van der Waals surface area contributed by atoms with Crippen LogP contribution in [0, 0.1) is 5.82 Å². The van der Waals surface area contributed by atoms with Gasteiger partial charge in [-0.1, -0.05) is 18.2 Å². The van der Waals surface area contributed by atoms with Crippen LogP contribution in [0.2, 0.25) is 0 Å². The Morgan fingerprint density at radius 1 is 1.36 bits per heavy atom. The first kappa shape index (κ1) is 7.95. The summed E-state index contributed by atoms with van der Waals surface area (Å²) < 4.78 is 12.4. The molecule has 11 heavy (non-hydrogen) atoms. The van der Waals surface area contributed by atoms with Crippen molar-refractivity contribution < 1.29 is 4.39 Å². The molecule has 1 rings (SSSR count). The maximum absolute atomic E-state index is 12.4. The lowest BCUT2D eigenvalue weighted by atomic mass is 10.1. The van der Waals surface area contributed by atoms with E-state index in [0.29, 0.717) is 0 Å². The second-order valence-corrected chi connectivity index (χ2v) is 2.31. The van der Waals surface area contributed by atoms with Gasteiger partial charge in [0.25, 0.3) is 0 Å². The predicted octanol–water partition coefficient (Wildman–Crippen LogP) is 2.01. The third-order valence-electron chi connectivity index (χ3n) is 1.51. The average Bonchev–Trinajstić information content (AvgIpc) is 2.05. The summed E-state index contributed by atoms with van der Waals surface area (Å²) in [5, 5.41) is 0. The van der Waals surface area contributed by atoms with Crippen molar-refractivity contribution in [3.8, 4) is 0 Å². The van der Waals surface area contributed by atoms with Gasteiger partial charge in [-0.25, -0.2) is 4.39 Å². The van der Waals surface area contributed by atoms with E-state index in [9.17, 15) is 4.39 Å². The molecule has 2 N–H and O–H groups in total. The maximum Gasteiger partial charge on any atom is 0.123 e. The SMILES string of the molecule is C=C[C@@H](N)c1ccc(F)cc1. The molecule has 2 heteroatoms. The van der Waals surface area contributed by atoms with Gasteiger partial charge in [-0.2, -0.15) is 0 Å². The lowest BCUT2D eigenvalue weighted by Gasteiger charge is -2.04. The number of hydrogen-bond donors (Lipinski definition) is 1. The van der Waals surface area contributed by atoms with Crippen LogP contribution < -0.4 is 5.73 Å². The minimum Gasteiger partial charge on any atom is -0.321 e. The number of rotatable bonds is 2. The molecule has 0 unspecified atom stereocenters. The van der Waals surface area contributed by atoms with Crippen LogP contribution in [0.3, 0.4) is 0 Å². The minimum absolute atomic E-state index is 0.199. The van der Waals surface area contributed by atoms with Crippen LogP contribution >= 0.6 is 0 Å². The second-order valence-electron chi connectivity index (χ2n) is 2.31. The van der Waals surface area contributed by atoms with Crippen molar-refractivity contribution >= 4 is 0 Å². The smallest absolute Gasteiger partial charge is 0.123 e. The van der Waals surface area contributed by atoms with Crippen LogP contribution in [-0.2, 0) is 0 Å². The Bertz CT molecular complexity index is 240. The lowest BCUT2D eigenvalue weighted by Crippen LogP contribution is -2.05. The minimum atomic E-state index is -0.245. The summed E-state index contributed by atoms with van der Waals surface area (Å²) in [4.78, 5) is 0. The van der Waals surface area contributed by atoms with Crippen molar-refractivity contribution in [1.29, 1.82) is 0 Å². The zero-order valence-electron chi connectivity index (χ0n) is 6.13. The second kappa shape index (κ2) is 3.30. The van der Waals surface area contributed by atoms with Gasteiger partial charge in [0.05, 0.1) is 0 Å². The normalized spacial score (nSPS) is 12.5. The molecule has 0 saturated heterocycles. The highest BCUT2D eigenvalue weighted by Gasteiger charge is 1.99. The third-order valence-corrected chi connectivity index (χ3v) is 1.51. The Morgan fingerprint density at radius 2 is 1.91 bits per heavy atom. The van der Waals surface area contributed by atoms with E-state index in [-0.39, 0.29) is 11.9 Å². The van der Waals surface area contributed by atoms with E-state index in [4.69, 9.17) is 5.73 Å². The molecule has 0 aliphatic heterocycles. The molecule has 1 aromatic rings. The van der Waals surface area contributed by atoms with E-state index in [1.165, 1.54) is 12.1 Å². The highest BCUT2D eigenvalue weighted by Crippen LogP contribution is 2.10. The quantitative estimate of drug-likeness (QED) is 0.643. The van der Waals surface area contributed by atoms with E-state index in [1.807, 2.05) is 0 Å². The van der Waals surface area contributed by atoms with Gasteiger partial charge < -0.3 is 5.73 Å². The van der Waals surface area contributed by atoms with Crippen LogP contribution in [0.1, 0.15) is 11.6 Å². The van der Waals surface area contributed by atoms with Gasteiger partial charge in [0.15, 0.2) is 0 Å². The third kappa shape index (κ3) is 1.88. The van der Waals surface area contributed by atoms with Gasteiger partial charge in [-0.05, 0) is 17.7 Å². The molecule has 58 valence electrons. The van der Waals surface area contributed by atoms with Gasteiger partial charge in [-0.15, -0.1) is 6.58 Å². The number of nitrogens with two attached hydrogens (primary N) is 1. The maximum atomic E-state index is 12.4. The Hall–Kier alpha value is -1.15. The van der Waals surface area contributed by atoms with Crippen molar-refractivity contribution in [3.63, 3.8) is 0 Å². The first-order valence-electron chi connectivity index (χ1n) is 3.37. The van der Waals surface area contributed by atoms with Crippen molar-refractivity contribution in [1.82, 2.24) is 0 Å². The van der Waals surface area contributed by atoms with Gasteiger partial charge in [-0.3, -0.25) is 0 Å². The molecule has 0 saturated carbocycles. The Morgan fingerprint density at radius 3 is 2.36 bits per heavy atom. The average molecular weight is 151 g/mol. The fourth-order valence-corrected chi connectivity index (χ4v) is 0.821. The molecule has 1 aromatic carbocycles. The molecular formula is C9H10FN. The topological polar surface area (TPSA) is 26.0 Å². The first-order valence-corrected chi connectivity index (χ1v) is 3.37. The molecule has 0 radical (unpaired) electrons. The molecule has 0 aliphatic carbocycles. The Kier molecular flexibility index (Phi) is 2.39. The van der Waals surface area contributed by atoms with Gasteiger partial charge in [0.1, 0.15) is 5.82 Å². The monoisotopic (exact) mass is 151 g/mol. The summed E-state index contributed by atoms with van der Waals surface area (Å²) in [6.45, 7) is 3.54. The van der Waals surface area contributed by atoms with Gasteiger partial charge in [0.2, 0.25) is 0 Å². The molecule has 0 fully saturated rings. The summed E-state index contributed by atoms with van der Waals surface area (Å²) in [5.41, 5.74) is 6.48. The molecule has 0 amide bonds. The molecular weight excluding hydrogens is 141 g/mol. The summed E-state index contributed by atoms with van der Waals surface area (Å²) >= 11 is 0. The van der Waals surface area contributed by atoms with Crippen molar-refractivity contribution in [2.24, 2.45) is 5.73 Å². The fraction of sp³-hybridized carbons (Fsp3) is 0.111. The van der Waals surface area contributed by atoms with E-state index in [2.05, 4.69) is 6.58 Å². The van der Waals surface area contributed by atoms with Gasteiger partial charge >= 0.3 is 0 Å². The zero-order valence-corrected chi connectivity index (χ0v) is 6.13. The molecule has 1 atom stereocenters. The van der Waals surface area contributed by atoms with Crippen molar-refractivity contribution in [3.05, 3.63) is 48.3 Å². The fourth-order valence-electron chi connectivity index (χ4n) is 0.821. The summed E-state index contributed by atoms with van der Waals surface area (Å²) in [7, 11) is 0. The Balaban J connectivity index is 2.89. The first-order chi connectivity index (χ1) is 5.24. The van der Waals surface area contributed by atoms with Crippen LogP contribution in [0.25, 0.3) is 0 Å². The van der Waals surface area contributed by atoms with Crippen LogP contribution in [0.5, 0.6) is 0 Å². The Labute approximate surface area is 65.3 Å². The van der Waals surface area contributed by atoms with Gasteiger partial charge in [0, 0.05) is 6.04 Å². The molecule has 1 nitrogen and oxygen atoms in total. The van der Waals surface area contributed by atoms with E-state index in [1.54, 1.807) is 18.2 Å². The van der Waals surface area contributed by atoms with E-state index in [0.717, 1.165) is 5.56 Å². The summed E-state index contributed by atoms with van der Waals surface area (Å²) in [5.74, 6) is -0.245. The van der Waals surface area contributed by atoms with Crippen molar-refractivity contribution in [2.75, 3.05) is 0 Å². The van der Waals surface area contributed by atoms with Crippen molar-refractivity contribution in [2.45, 2.75) is 6.04 Å². The van der Waals surface area contributed by atoms with Crippen LogP contribution in [0.15, 0.2) is 36.9 Å². The van der Waals surface area contributed by atoms with E-state index >= 15 is 0 Å². The number of benzene rings is 1. The molecule has 0 spiro atoms. The predicted molar refractivity (Wildman–Crippen MR) is 43.5 cm³/mol. The highest BCUT2D eigenvalue weighted by molar-refractivity contribution is 5.22. The lowest BCUT2D eigenvalue weighted by molar-refractivity contribution is 0.626. The molecule has 0 aromatic heterocycles. The van der Waals surface area contributed by atoms with Crippen LogP contribution in [0.4, 0.5) is 4.39 Å². The number of hydrogen-bond acceptors (Lipinski definition) is 1. The largest absolute Gasteiger partial charge is 0.321 e. The highest BCUT2D eigenvalue weighted by atomic mass is 19.1. The molecule has 0 heterocycles. The standard InChI is InChI=1S/C9H10FN/c1-2-9(11)7-3-5-8(10)6-4-7/h2-6,9H,1,11H2/t9-/m1/s1. The van der Waals surface area contributed by atoms with Crippen LogP contribution in [-0.4, -0.2) is 0 Å². The van der Waals surface area contributed by atoms with E-state index < -0.39 is 0 Å².